The minimum Gasteiger partial charge on any atom is -0.204 e. The van der Waals surface area contributed by atoms with Crippen molar-refractivity contribution in [3.63, 3.8) is 0 Å². The summed E-state index contributed by atoms with van der Waals surface area (Å²) in [6, 6.07) is 4.17. The van der Waals surface area contributed by atoms with Crippen LogP contribution in [0.15, 0.2) is 24.4 Å². The van der Waals surface area contributed by atoms with Crippen molar-refractivity contribution in [2.45, 2.75) is 12.8 Å². The van der Waals surface area contributed by atoms with Gasteiger partial charge in [-0.1, -0.05) is 12.1 Å². The zero-order valence-corrected chi connectivity index (χ0v) is 7.87. The number of aromatic amines is 1. The van der Waals surface area contributed by atoms with Gasteiger partial charge in [0.2, 0.25) is 0 Å². The van der Waals surface area contributed by atoms with Gasteiger partial charge in [0.25, 0.3) is 0 Å². The van der Waals surface area contributed by atoms with Crippen LogP contribution in [0.25, 0.3) is 0 Å². The standard InChI is InChI=1S/C10H9F2N3/c11-9-3-1-2-7(10(9)12)4-5-8-6-13-15-14-8/h1-3,6H,4-5H2,(H,13,14,15). The van der Waals surface area contributed by atoms with Crippen LogP contribution >= 0.6 is 0 Å². The largest absolute Gasteiger partial charge is 0.204 e. The molecule has 0 aliphatic heterocycles. The molecule has 3 nitrogen and oxygen atoms in total. The number of hydrogen-bond acceptors (Lipinski definition) is 2. The van der Waals surface area contributed by atoms with Gasteiger partial charge in [-0.2, -0.15) is 15.4 Å². The van der Waals surface area contributed by atoms with Gasteiger partial charge in [0.15, 0.2) is 11.6 Å². The summed E-state index contributed by atoms with van der Waals surface area (Å²) in [7, 11) is 0. The van der Waals surface area contributed by atoms with Crippen LogP contribution in [0, 0.1) is 11.6 Å². The molecule has 15 heavy (non-hydrogen) atoms. The van der Waals surface area contributed by atoms with Gasteiger partial charge in [-0.05, 0) is 24.5 Å². The Morgan fingerprint density at radius 1 is 1.20 bits per heavy atom. The van der Waals surface area contributed by atoms with E-state index >= 15 is 0 Å². The minimum atomic E-state index is -0.812. The third kappa shape index (κ3) is 2.18. The van der Waals surface area contributed by atoms with Crippen LogP contribution < -0.4 is 0 Å². The molecule has 2 rings (SSSR count). The summed E-state index contributed by atoms with van der Waals surface area (Å²) < 4.78 is 26.0. The molecule has 1 N–H and O–H groups in total. The Morgan fingerprint density at radius 2 is 2.07 bits per heavy atom. The lowest BCUT2D eigenvalue weighted by molar-refractivity contribution is 0.498. The second-order valence-corrected chi connectivity index (χ2v) is 3.17. The minimum absolute atomic E-state index is 0.359. The van der Waals surface area contributed by atoms with Crippen LogP contribution in [0.3, 0.4) is 0 Å². The normalized spacial score (nSPS) is 10.5. The van der Waals surface area contributed by atoms with Crippen LogP contribution in [-0.2, 0) is 12.8 Å². The summed E-state index contributed by atoms with van der Waals surface area (Å²) in [5.41, 5.74) is 1.09. The van der Waals surface area contributed by atoms with Gasteiger partial charge >= 0.3 is 0 Å². The van der Waals surface area contributed by atoms with Gasteiger partial charge in [0, 0.05) is 0 Å². The lowest BCUT2D eigenvalue weighted by Gasteiger charge is -2.01. The molecule has 5 heteroatoms. The molecule has 0 aliphatic carbocycles. The summed E-state index contributed by atoms with van der Waals surface area (Å²) in [6.07, 6.45) is 2.52. The number of H-pyrrole nitrogens is 1. The number of aryl methyl sites for hydroxylation is 2. The summed E-state index contributed by atoms with van der Waals surface area (Å²) in [5, 5.41) is 9.93. The van der Waals surface area contributed by atoms with Crippen LogP contribution in [0.4, 0.5) is 8.78 Å². The highest BCUT2D eigenvalue weighted by atomic mass is 19.2. The SMILES string of the molecule is Fc1cccc(CCc2cn[nH]n2)c1F. The fraction of sp³-hybridized carbons (Fsp3) is 0.200. The van der Waals surface area contributed by atoms with Crippen molar-refractivity contribution in [2.75, 3.05) is 0 Å². The van der Waals surface area contributed by atoms with E-state index in [1.54, 1.807) is 12.3 Å². The molecule has 1 aromatic carbocycles. The van der Waals surface area contributed by atoms with E-state index in [0.29, 0.717) is 18.4 Å². The van der Waals surface area contributed by atoms with E-state index in [1.165, 1.54) is 6.07 Å². The van der Waals surface area contributed by atoms with Gasteiger partial charge in [-0.3, -0.25) is 0 Å². The fourth-order valence-electron chi connectivity index (χ4n) is 1.35. The van der Waals surface area contributed by atoms with Crippen LogP contribution in [-0.4, -0.2) is 15.4 Å². The second kappa shape index (κ2) is 4.16. The second-order valence-electron chi connectivity index (χ2n) is 3.17. The number of rotatable bonds is 3. The van der Waals surface area contributed by atoms with E-state index < -0.39 is 11.6 Å². The molecule has 0 aliphatic rings. The van der Waals surface area contributed by atoms with Gasteiger partial charge in [-0.15, -0.1) is 0 Å². The molecule has 0 amide bonds. The molecule has 1 heterocycles. The molecule has 0 spiro atoms. The molecular formula is C10H9F2N3. The van der Waals surface area contributed by atoms with E-state index in [9.17, 15) is 8.78 Å². The molecule has 78 valence electrons. The molecule has 1 aromatic heterocycles. The van der Waals surface area contributed by atoms with Crippen molar-refractivity contribution in [2.24, 2.45) is 0 Å². The molecule has 0 saturated heterocycles. The maximum Gasteiger partial charge on any atom is 0.162 e. The summed E-state index contributed by atoms with van der Waals surface area (Å²) in [4.78, 5) is 0. The topological polar surface area (TPSA) is 41.6 Å². The van der Waals surface area contributed by atoms with Crippen molar-refractivity contribution >= 4 is 0 Å². The molecule has 0 bridgehead atoms. The molecule has 0 atom stereocenters. The number of benzene rings is 1. The third-order valence-electron chi connectivity index (χ3n) is 2.15. The molecule has 0 radical (unpaired) electrons. The van der Waals surface area contributed by atoms with Crippen molar-refractivity contribution in [1.82, 2.24) is 15.4 Å². The van der Waals surface area contributed by atoms with Gasteiger partial charge in [-0.25, -0.2) is 8.78 Å². The van der Waals surface area contributed by atoms with E-state index in [2.05, 4.69) is 15.4 Å². The van der Waals surface area contributed by atoms with Crippen LogP contribution in [0.1, 0.15) is 11.3 Å². The Hall–Kier alpha value is -1.78. The average Bonchev–Trinajstić information content (AvgIpc) is 2.73. The first-order chi connectivity index (χ1) is 7.27. The van der Waals surface area contributed by atoms with E-state index in [-0.39, 0.29) is 0 Å². The zero-order valence-electron chi connectivity index (χ0n) is 7.87. The predicted molar refractivity (Wildman–Crippen MR) is 50.1 cm³/mol. The lowest BCUT2D eigenvalue weighted by Crippen LogP contribution is -1.97. The molecule has 0 fully saturated rings. The molecule has 2 aromatic rings. The molecule has 0 saturated carbocycles. The van der Waals surface area contributed by atoms with Crippen molar-refractivity contribution in [1.29, 1.82) is 0 Å². The Morgan fingerprint density at radius 3 is 2.80 bits per heavy atom. The zero-order chi connectivity index (χ0) is 10.7. The fourth-order valence-corrected chi connectivity index (χ4v) is 1.35. The molecule has 0 unspecified atom stereocenters. The number of nitrogens with one attached hydrogen (secondary N) is 1. The van der Waals surface area contributed by atoms with Crippen LogP contribution in [0.2, 0.25) is 0 Å². The third-order valence-corrected chi connectivity index (χ3v) is 2.15. The van der Waals surface area contributed by atoms with Gasteiger partial charge in [0.1, 0.15) is 0 Å². The van der Waals surface area contributed by atoms with E-state index in [1.807, 2.05) is 0 Å². The quantitative estimate of drug-likeness (QED) is 0.838. The number of hydrogen-bond donors (Lipinski definition) is 1. The highest BCUT2D eigenvalue weighted by Crippen LogP contribution is 2.13. The summed E-state index contributed by atoms with van der Waals surface area (Å²) >= 11 is 0. The number of nitrogens with zero attached hydrogens (tertiary/aromatic N) is 2. The lowest BCUT2D eigenvalue weighted by atomic mass is 10.1. The Bertz CT molecular complexity index is 440. The highest BCUT2D eigenvalue weighted by molar-refractivity contribution is 5.19. The maximum atomic E-state index is 13.2. The smallest absolute Gasteiger partial charge is 0.162 e. The summed E-state index contributed by atoms with van der Waals surface area (Å²) in [5.74, 6) is -1.59. The first-order valence-corrected chi connectivity index (χ1v) is 4.55. The number of aromatic nitrogens is 3. The van der Waals surface area contributed by atoms with Gasteiger partial charge in [0.05, 0.1) is 11.9 Å². The van der Waals surface area contributed by atoms with Crippen molar-refractivity contribution in [3.8, 4) is 0 Å². The Balaban J connectivity index is 2.08. The van der Waals surface area contributed by atoms with Crippen molar-refractivity contribution < 1.29 is 8.78 Å². The Kier molecular flexibility index (Phi) is 2.71. The first-order valence-electron chi connectivity index (χ1n) is 4.55. The predicted octanol–water partition coefficient (Wildman–Crippen LogP) is 1.87. The van der Waals surface area contributed by atoms with E-state index in [0.717, 1.165) is 11.8 Å². The van der Waals surface area contributed by atoms with Crippen molar-refractivity contribution in [3.05, 3.63) is 47.3 Å². The monoisotopic (exact) mass is 209 g/mol. The van der Waals surface area contributed by atoms with Crippen LogP contribution in [0.5, 0.6) is 0 Å². The highest BCUT2D eigenvalue weighted by Gasteiger charge is 2.07. The average molecular weight is 209 g/mol. The van der Waals surface area contributed by atoms with E-state index in [4.69, 9.17) is 0 Å². The molecular weight excluding hydrogens is 200 g/mol. The Labute approximate surface area is 85.1 Å². The summed E-state index contributed by atoms with van der Waals surface area (Å²) in [6.45, 7) is 0. The van der Waals surface area contributed by atoms with Gasteiger partial charge < -0.3 is 0 Å². The first kappa shape index (κ1) is 9.76. The number of halogens is 2. The maximum absolute atomic E-state index is 13.2.